The summed E-state index contributed by atoms with van der Waals surface area (Å²) in [5.74, 6) is 0. The van der Waals surface area contributed by atoms with Crippen LogP contribution in [0.4, 0.5) is 0 Å². The van der Waals surface area contributed by atoms with Gasteiger partial charge in [-0.2, -0.15) is 0 Å². The molecule has 0 radical (unpaired) electrons. The molecule has 90 valence electrons. The van der Waals surface area contributed by atoms with Gasteiger partial charge in [0.15, 0.2) is 0 Å². The second-order valence-electron chi connectivity index (χ2n) is 4.78. The first kappa shape index (κ1) is 13.0. The molecule has 1 aliphatic rings. The van der Waals surface area contributed by atoms with Crippen LogP contribution in [0.2, 0.25) is 0 Å². The van der Waals surface area contributed by atoms with Gasteiger partial charge < -0.3 is 4.74 Å². The van der Waals surface area contributed by atoms with Crippen molar-refractivity contribution in [3.05, 3.63) is 0 Å². The van der Waals surface area contributed by atoms with Crippen LogP contribution in [-0.4, -0.2) is 30.3 Å². The van der Waals surface area contributed by atoms with Gasteiger partial charge in [0, 0.05) is 13.1 Å². The Kier molecular flexibility index (Phi) is 5.62. The lowest BCUT2D eigenvalue weighted by Gasteiger charge is -2.24. The summed E-state index contributed by atoms with van der Waals surface area (Å²) in [6.45, 7) is 9.97. The predicted octanol–water partition coefficient (Wildman–Crippen LogP) is 3.42. The van der Waals surface area contributed by atoms with Crippen molar-refractivity contribution in [1.82, 2.24) is 4.90 Å². The highest BCUT2D eigenvalue weighted by atomic mass is 16.5. The maximum Gasteiger partial charge on any atom is 0.0999 e. The molecule has 15 heavy (non-hydrogen) atoms. The van der Waals surface area contributed by atoms with E-state index in [0.717, 1.165) is 26.1 Å². The Bertz CT molecular complexity index is 166. The first-order chi connectivity index (χ1) is 7.26. The summed E-state index contributed by atoms with van der Waals surface area (Å²) in [5.41, 5.74) is 0.171. The summed E-state index contributed by atoms with van der Waals surface area (Å²) >= 11 is 0. The molecule has 0 unspecified atom stereocenters. The van der Waals surface area contributed by atoms with Gasteiger partial charge in [-0.15, -0.1) is 0 Å². The lowest BCUT2D eigenvalue weighted by atomic mass is 9.97. The summed E-state index contributed by atoms with van der Waals surface area (Å²) in [7, 11) is 0. The molecule has 0 aromatic rings. The van der Waals surface area contributed by atoms with E-state index in [0.29, 0.717) is 0 Å². The molecule has 0 aromatic carbocycles. The Balaban J connectivity index is 2.18. The number of hydrogen-bond acceptors (Lipinski definition) is 2. The Labute approximate surface area is 95.0 Å². The van der Waals surface area contributed by atoms with Crippen LogP contribution in [0.3, 0.4) is 0 Å². The Hall–Kier alpha value is -0.0800. The average Bonchev–Trinajstić information content (AvgIpc) is 2.69. The molecule has 0 atom stereocenters. The number of hydrogen-bond donors (Lipinski definition) is 0. The number of nitrogens with zero attached hydrogens (tertiary/aromatic N) is 1. The van der Waals surface area contributed by atoms with E-state index in [1.54, 1.807) is 0 Å². The van der Waals surface area contributed by atoms with Crippen LogP contribution in [0, 0.1) is 0 Å². The third-order valence-corrected chi connectivity index (χ3v) is 3.68. The number of ether oxygens (including phenoxy) is 1. The fraction of sp³-hybridized carbons (Fsp3) is 1.00. The van der Waals surface area contributed by atoms with Gasteiger partial charge >= 0.3 is 0 Å². The molecular weight excluding hydrogens is 186 g/mol. The van der Waals surface area contributed by atoms with Gasteiger partial charge in [0.1, 0.15) is 0 Å². The number of rotatable bonds is 7. The highest BCUT2D eigenvalue weighted by Crippen LogP contribution is 2.27. The van der Waals surface area contributed by atoms with E-state index in [1.807, 2.05) is 0 Å². The summed E-state index contributed by atoms with van der Waals surface area (Å²) < 4.78 is 5.93. The lowest BCUT2D eigenvalue weighted by molar-refractivity contribution is -0.000980. The van der Waals surface area contributed by atoms with E-state index in [-0.39, 0.29) is 5.60 Å². The third kappa shape index (κ3) is 3.76. The van der Waals surface area contributed by atoms with E-state index in [4.69, 9.17) is 4.74 Å². The fourth-order valence-corrected chi connectivity index (χ4v) is 2.31. The zero-order valence-corrected chi connectivity index (χ0v) is 10.7. The van der Waals surface area contributed by atoms with Crippen LogP contribution < -0.4 is 0 Å². The summed E-state index contributed by atoms with van der Waals surface area (Å²) in [6.07, 6.45) is 7.70. The molecular formula is C13H27NO. The molecule has 1 rings (SSSR count). The molecule has 0 amide bonds. The van der Waals surface area contributed by atoms with Crippen LogP contribution in [0.15, 0.2) is 0 Å². The van der Waals surface area contributed by atoms with Crippen LogP contribution in [-0.2, 0) is 4.74 Å². The lowest BCUT2D eigenvalue weighted by Crippen LogP contribution is -2.33. The van der Waals surface area contributed by atoms with E-state index >= 15 is 0 Å². The zero-order valence-electron chi connectivity index (χ0n) is 10.7. The predicted molar refractivity (Wildman–Crippen MR) is 65.0 cm³/mol. The van der Waals surface area contributed by atoms with Gasteiger partial charge in [-0.3, -0.25) is 4.90 Å². The second-order valence-corrected chi connectivity index (χ2v) is 4.78. The van der Waals surface area contributed by atoms with E-state index in [9.17, 15) is 0 Å². The van der Waals surface area contributed by atoms with Crippen LogP contribution >= 0.6 is 0 Å². The normalized spacial score (nSPS) is 21.0. The van der Waals surface area contributed by atoms with Crippen molar-refractivity contribution in [1.29, 1.82) is 0 Å². The molecule has 0 aromatic heterocycles. The monoisotopic (exact) mass is 213 g/mol. The quantitative estimate of drug-likeness (QED) is 0.601. The van der Waals surface area contributed by atoms with Crippen LogP contribution in [0.5, 0.6) is 0 Å². The molecule has 0 N–H and O–H groups in total. The summed E-state index contributed by atoms with van der Waals surface area (Å²) in [6, 6.07) is 0. The molecule has 0 aliphatic carbocycles. The van der Waals surface area contributed by atoms with Crippen LogP contribution in [0.1, 0.15) is 59.3 Å². The van der Waals surface area contributed by atoms with E-state index in [1.165, 1.54) is 32.2 Å². The maximum atomic E-state index is 5.93. The highest BCUT2D eigenvalue weighted by Gasteiger charge is 2.35. The first-order valence-corrected chi connectivity index (χ1v) is 6.62. The Morgan fingerprint density at radius 1 is 1.07 bits per heavy atom. The second kappa shape index (κ2) is 6.49. The molecule has 0 saturated carbocycles. The van der Waals surface area contributed by atoms with E-state index in [2.05, 4.69) is 25.7 Å². The van der Waals surface area contributed by atoms with Crippen molar-refractivity contribution in [2.45, 2.75) is 64.9 Å². The molecule has 1 fully saturated rings. The van der Waals surface area contributed by atoms with Crippen molar-refractivity contribution >= 4 is 0 Å². The average molecular weight is 213 g/mol. The fourth-order valence-electron chi connectivity index (χ4n) is 2.31. The van der Waals surface area contributed by atoms with Crippen LogP contribution in [0.25, 0.3) is 0 Å². The minimum Gasteiger partial charge on any atom is -0.358 e. The third-order valence-electron chi connectivity index (χ3n) is 3.68. The van der Waals surface area contributed by atoms with Gasteiger partial charge in [0.05, 0.1) is 12.3 Å². The van der Waals surface area contributed by atoms with Gasteiger partial charge in [-0.25, -0.2) is 0 Å². The standard InChI is InChI=1S/C13H27NO/c1-4-7-8-9-10-14-11-13(5-2,6-3)15-12-14/h4-12H2,1-3H3. The van der Waals surface area contributed by atoms with Crippen molar-refractivity contribution in [2.24, 2.45) is 0 Å². The zero-order chi connectivity index (χ0) is 11.1. The Morgan fingerprint density at radius 2 is 1.80 bits per heavy atom. The van der Waals surface area contributed by atoms with Gasteiger partial charge in [0.2, 0.25) is 0 Å². The van der Waals surface area contributed by atoms with Crippen molar-refractivity contribution in [2.75, 3.05) is 19.8 Å². The molecule has 0 spiro atoms. The molecule has 2 heteroatoms. The Morgan fingerprint density at radius 3 is 2.33 bits per heavy atom. The van der Waals surface area contributed by atoms with Crippen molar-refractivity contribution in [3.8, 4) is 0 Å². The van der Waals surface area contributed by atoms with Gasteiger partial charge in [-0.1, -0.05) is 40.0 Å². The maximum absolute atomic E-state index is 5.93. The summed E-state index contributed by atoms with van der Waals surface area (Å²) in [5, 5.41) is 0. The smallest absolute Gasteiger partial charge is 0.0999 e. The first-order valence-electron chi connectivity index (χ1n) is 6.62. The van der Waals surface area contributed by atoms with Gasteiger partial charge in [0.25, 0.3) is 0 Å². The minimum atomic E-state index is 0.171. The molecule has 2 nitrogen and oxygen atoms in total. The number of unbranched alkanes of at least 4 members (excludes halogenated alkanes) is 3. The highest BCUT2D eigenvalue weighted by molar-refractivity contribution is 4.85. The largest absolute Gasteiger partial charge is 0.358 e. The van der Waals surface area contributed by atoms with Crippen molar-refractivity contribution < 1.29 is 4.74 Å². The SMILES string of the molecule is CCCCCCN1COC(CC)(CC)C1. The molecule has 1 saturated heterocycles. The molecule has 0 bridgehead atoms. The molecule has 1 aliphatic heterocycles. The molecule has 1 heterocycles. The van der Waals surface area contributed by atoms with Gasteiger partial charge in [-0.05, 0) is 19.3 Å². The van der Waals surface area contributed by atoms with Crippen molar-refractivity contribution in [3.63, 3.8) is 0 Å². The summed E-state index contributed by atoms with van der Waals surface area (Å²) in [4.78, 5) is 2.47. The topological polar surface area (TPSA) is 12.5 Å². The minimum absolute atomic E-state index is 0.171. The van der Waals surface area contributed by atoms with E-state index < -0.39 is 0 Å².